The number of pyridine rings is 1. The normalized spacial score (nSPS) is 10.0. The Hall–Kier alpha value is -3.36. The summed E-state index contributed by atoms with van der Waals surface area (Å²) < 4.78 is 0. The van der Waals surface area contributed by atoms with Gasteiger partial charge in [-0.25, -0.2) is 4.98 Å². The molecule has 0 aliphatic heterocycles. The SMILES string of the molecule is Cc1cccc(NC(=O)c2ccc([N+](=O)[O-])cc2[N+](=O)[O-])n1. The van der Waals surface area contributed by atoms with Gasteiger partial charge >= 0.3 is 0 Å². The van der Waals surface area contributed by atoms with Gasteiger partial charge in [0.15, 0.2) is 0 Å². The number of aromatic nitrogens is 1. The summed E-state index contributed by atoms with van der Waals surface area (Å²) in [6, 6.07) is 7.75. The number of nitrogens with one attached hydrogen (secondary N) is 1. The number of benzene rings is 1. The fourth-order valence-electron chi connectivity index (χ4n) is 1.77. The molecule has 0 aliphatic rings. The molecule has 2 rings (SSSR count). The molecule has 0 aliphatic carbocycles. The van der Waals surface area contributed by atoms with Crippen molar-refractivity contribution in [1.82, 2.24) is 4.98 Å². The van der Waals surface area contributed by atoms with Crippen LogP contribution in [0.15, 0.2) is 36.4 Å². The van der Waals surface area contributed by atoms with E-state index in [-0.39, 0.29) is 11.4 Å². The molecule has 0 unspecified atom stereocenters. The molecule has 9 heteroatoms. The zero-order chi connectivity index (χ0) is 16.3. The lowest BCUT2D eigenvalue weighted by atomic mass is 10.1. The van der Waals surface area contributed by atoms with E-state index in [0.717, 1.165) is 18.2 Å². The Morgan fingerprint density at radius 1 is 1.14 bits per heavy atom. The summed E-state index contributed by atoms with van der Waals surface area (Å²) >= 11 is 0. The lowest BCUT2D eigenvalue weighted by molar-refractivity contribution is -0.394. The van der Waals surface area contributed by atoms with E-state index in [9.17, 15) is 25.0 Å². The number of non-ortho nitro benzene ring substituents is 1. The molecule has 0 saturated heterocycles. The van der Waals surface area contributed by atoms with Crippen molar-refractivity contribution >= 4 is 23.1 Å². The lowest BCUT2D eigenvalue weighted by Crippen LogP contribution is -2.15. The van der Waals surface area contributed by atoms with Crippen molar-refractivity contribution in [2.24, 2.45) is 0 Å². The maximum atomic E-state index is 12.1. The van der Waals surface area contributed by atoms with Crippen molar-refractivity contribution in [2.45, 2.75) is 6.92 Å². The molecule has 1 aromatic heterocycles. The molecule has 2 aromatic rings. The highest BCUT2D eigenvalue weighted by Gasteiger charge is 2.24. The van der Waals surface area contributed by atoms with E-state index in [1.807, 2.05) is 0 Å². The summed E-state index contributed by atoms with van der Waals surface area (Å²) in [7, 11) is 0. The van der Waals surface area contributed by atoms with E-state index in [4.69, 9.17) is 0 Å². The van der Waals surface area contributed by atoms with Crippen LogP contribution < -0.4 is 5.32 Å². The number of hydrogen-bond donors (Lipinski definition) is 1. The molecule has 9 nitrogen and oxygen atoms in total. The Labute approximate surface area is 123 Å². The van der Waals surface area contributed by atoms with Crippen LogP contribution in [0, 0.1) is 27.2 Å². The minimum atomic E-state index is -0.842. The highest BCUT2D eigenvalue weighted by Crippen LogP contribution is 2.25. The van der Waals surface area contributed by atoms with Crippen molar-refractivity contribution in [3.05, 3.63) is 67.9 Å². The fraction of sp³-hybridized carbons (Fsp3) is 0.0769. The summed E-state index contributed by atoms with van der Waals surface area (Å²) in [5.74, 6) is -0.530. The molecule has 0 saturated carbocycles. The lowest BCUT2D eigenvalue weighted by Gasteiger charge is -2.05. The van der Waals surface area contributed by atoms with E-state index in [1.54, 1.807) is 19.1 Å². The van der Waals surface area contributed by atoms with Crippen molar-refractivity contribution in [2.75, 3.05) is 5.32 Å². The first kappa shape index (κ1) is 15.0. The Kier molecular flexibility index (Phi) is 4.07. The molecule has 1 amide bonds. The second-order valence-corrected chi connectivity index (χ2v) is 4.33. The van der Waals surface area contributed by atoms with Crippen LogP contribution in [0.3, 0.4) is 0 Å². The van der Waals surface area contributed by atoms with Gasteiger partial charge in [-0.1, -0.05) is 6.07 Å². The number of nitro groups is 2. The third-order valence-corrected chi connectivity index (χ3v) is 2.76. The summed E-state index contributed by atoms with van der Waals surface area (Å²) in [5.41, 5.74) is -0.716. The molecule has 1 heterocycles. The molecule has 22 heavy (non-hydrogen) atoms. The molecule has 1 aromatic carbocycles. The van der Waals surface area contributed by atoms with Crippen LogP contribution in [0.4, 0.5) is 17.2 Å². The predicted molar refractivity (Wildman–Crippen MR) is 76.7 cm³/mol. The predicted octanol–water partition coefficient (Wildman–Crippen LogP) is 2.46. The smallest absolute Gasteiger partial charge is 0.289 e. The van der Waals surface area contributed by atoms with E-state index >= 15 is 0 Å². The largest absolute Gasteiger partial charge is 0.306 e. The fourth-order valence-corrected chi connectivity index (χ4v) is 1.77. The minimum Gasteiger partial charge on any atom is -0.306 e. The number of amides is 1. The van der Waals surface area contributed by atoms with Gasteiger partial charge in [-0.15, -0.1) is 0 Å². The molecule has 0 radical (unpaired) electrons. The van der Waals surface area contributed by atoms with Gasteiger partial charge in [0.25, 0.3) is 17.3 Å². The second kappa shape index (κ2) is 5.95. The summed E-state index contributed by atoms with van der Waals surface area (Å²) in [4.78, 5) is 36.2. The number of nitrogens with zero attached hydrogens (tertiary/aromatic N) is 3. The van der Waals surface area contributed by atoms with Crippen LogP contribution in [0.2, 0.25) is 0 Å². The van der Waals surface area contributed by atoms with Gasteiger partial charge in [0.2, 0.25) is 0 Å². The Morgan fingerprint density at radius 2 is 1.86 bits per heavy atom. The summed E-state index contributed by atoms with van der Waals surface area (Å²) in [6.45, 7) is 1.73. The Balaban J connectivity index is 2.36. The molecule has 0 bridgehead atoms. The number of nitro benzene ring substituents is 2. The van der Waals surface area contributed by atoms with E-state index in [1.165, 1.54) is 6.07 Å². The molecular formula is C13H10N4O5. The molecule has 112 valence electrons. The molecular weight excluding hydrogens is 292 g/mol. The summed E-state index contributed by atoms with van der Waals surface area (Å²) in [5, 5.41) is 24.1. The van der Waals surface area contributed by atoms with Crippen LogP contribution >= 0.6 is 0 Å². The minimum absolute atomic E-state index is 0.234. The Morgan fingerprint density at radius 3 is 2.45 bits per heavy atom. The first-order valence-electron chi connectivity index (χ1n) is 6.06. The maximum absolute atomic E-state index is 12.1. The van der Waals surface area contributed by atoms with Gasteiger partial charge in [-0.05, 0) is 25.1 Å². The van der Waals surface area contributed by atoms with E-state index in [0.29, 0.717) is 5.69 Å². The van der Waals surface area contributed by atoms with Gasteiger partial charge in [-0.3, -0.25) is 25.0 Å². The number of anilines is 1. The van der Waals surface area contributed by atoms with Gasteiger partial charge in [0.05, 0.1) is 15.9 Å². The molecule has 1 N–H and O–H groups in total. The topological polar surface area (TPSA) is 128 Å². The molecule has 0 atom stereocenters. The highest BCUT2D eigenvalue weighted by atomic mass is 16.6. The van der Waals surface area contributed by atoms with Crippen molar-refractivity contribution in [3.8, 4) is 0 Å². The monoisotopic (exact) mass is 302 g/mol. The van der Waals surface area contributed by atoms with Crippen molar-refractivity contribution in [1.29, 1.82) is 0 Å². The number of carbonyl (C=O) groups is 1. The van der Waals surface area contributed by atoms with Gasteiger partial charge in [-0.2, -0.15) is 0 Å². The van der Waals surface area contributed by atoms with E-state index in [2.05, 4.69) is 10.3 Å². The number of rotatable bonds is 4. The molecule has 0 fully saturated rings. The average Bonchev–Trinajstić information content (AvgIpc) is 2.46. The van der Waals surface area contributed by atoms with Crippen molar-refractivity contribution < 1.29 is 14.6 Å². The maximum Gasteiger partial charge on any atom is 0.289 e. The summed E-state index contributed by atoms with van der Waals surface area (Å²) in [6.07, 6.45) is 0. The highest BCUT2D eigenvalue weighted by molar-refractivity contribution is 6.06. The van der Waals surface area contributed by atoms with Crippen LogP contribution in [-0.4, -0.2) is 20.7 Å². The van der Waals surface area contributed by atoms with Crippen molar-refractivity contribution in [3.63, 3.8) is 0 Å². The number of hydrogen-bond acceptors (Lipinski definition) is 6. The zero-order valence-corrected chi connectivity index (χ0v) is 11.3. The van der Waals surface area contributed by atoms with Crippen LogP contribution in [-0.2, 0) is 0 Å². The van der Waals surface area contributed by atoms with Crippen LogP contribution in [0.25, 0.3) is 0 Å². The standard InChI is InChI=1S/C13H10N4O5/c1-8-3-2-4-12(14-8)15-13(18)10-6-5-9(16(19)20)7-11(10)17(21)22/h2-7H,1H3,(H,14,15,18). The third kappa shape index (κ3) is 3.20. The van der Waals surface area contributed by atoms with Crippen LogP contribution in [0.5, 0.6) is 0 Å². The third-order valence-electron chi connectivity index (χ3n) is 2.76. The quantitative estimate of drug-likeness (QED) is 0.682. The van der Waals surface area contributed by atoms with Gasteiger partial charge < -0.3 is 5.32 Å². The molecule has 0 spiro atoms. The van der Waals surface area contributed by atoms with Gasteiger partial charge in [0, 0.05) is 11.8 Å². The number of carbonyl (C=O) groups excluding carboxylic acids is 1. The first-order chi connectivity index (χ1) is 10.4. The van der Waals surface area contributed by atoms with Gasteiger partial charge in [0.1, 0.15) is 11.4 Å². The number of aryl methyl sites for hydroxylation is 1. The van der Waals surface area contributed by atoms with Crippen LogP contribution in [0.1, 0.15) is 16.1 Å². The first-order valence-corrected chi connectivity index (χ1v) is 6.06. The van der Waals surface area contributed by atoms with E-state index < -0.39 is 27.1 Å². The Bertz CT molecular complexity index is 775. The second-order valence-electron chi connectivity index (χ2n) is 4.33. The zero-order valence-electron chi connectivity index (χ0n) is 11.3. The average molecular weight is 302 g/mol.